The summed E-state index contributed by atoms with van der Waals surface area (Å²) in [6, 6.07) is 5.75. The van der Waals surface area contributed by atoms with Crippen LogP contribution in [0.2, 0.25) is 0 Å². The number of sulfone groups is 1. The number of amides is 1. The van der Waals surface area contributed by atoms with Gasteiger partial charge in [0.25, 0.3) is 5.91 Å². The fourth-order valence-corrected chi connectivity index (χ4v) is 3.72. The molecule has 0 unspecified atom stereocenters. The van der Waals surface area contributed by atoms with Crippen molar-refractivity contribution >= 4 is 63.5 Å². The van der Waals surface area contributed by atoms with Crippen LogP contribution in [0.25, 0.3) is 0 Å². The number of carbonyl (C=O) groups excluding carboxylic acids is 1. The third-order valence-corrected chi connectivity index (χ3v) is 7.46. The molecule has 0 aliphatic rings. The van der Waals surface area contributed by atoms with Crippen LogP contribution in [-0.2, 0) is 9.84 Å². The number of nitrogens with two attached hydrogens (primary N) is 1. The molecule has 0 aliphatic heterocycles. The lowest BCUT2D eigenvalue weighted by Gasteiger charge is -2.14. The zero-order valence-electron chi connectivity index (χ0n) is 9.57. The molecule has 3 N–H and O–H groups in total. The number of halogens is 3. The van der Waals surface area contributed by atoms with Crippen molar-refractivity contribution < 1.29 is 13.2 Å². The Bertz CT molecular complexity index is 570. The number of hydrogen-bond acceptors (Lipinski definition) is 4. The molecule has 19 heavy (non-hydrogen) atoms. The van der Waals surface area contributed by atoms with Crippen molar-refractivity contribution in [3.05, 3.63) is 29.8 Å². The predicted molar refractivity (Wildman–Crippen MR) is 84.5 cm³/mol. The summed E-state index contributed by atoms with van der Waals surface area (Å²) in [4.78, 5) is 11.7. The minimum Gasteiger partial charge on any atom is -0.351 e. The number of rotatable bonds is 4. The van der Waals surface area contributed by atoms with Crippen molar-refractivity contribution in [3.63, 3.8) is 0 Å². The summed E-state index contributed by atoms with van der Waals surface area (Å²) in [6.07, 6.45) is 0. The second kappa shape index (κ2) is 6.66. The second-order valence-corrected chi connectivity index (χ2v) is 13.9. The smallest absolute Gasteiger partial charge is 0.251 e. The van der Waals surface area contributed by atoms with E-state index in [2.05, 4.69) is 53.1 Å². The molecule has 0 aliphatic carbocycles. The molecule has 106 valence electrons. The van der Waals surface area contributed by atoms with Crippen molar-refractivity contribution in [1.29, 1.82) is 0 Å². The zero-order chi connectivity index (χ0) is 14.7. The third kappa shape index (κ3) is 4.25. The predicted octanol–water partition coefficient (Wildman–Crippen LogP) is 1.94. The molecule has 0 saturated heterocycles. The first kappa shape index (κ1) is 17.1. The monoisotopic (exact) mass is 476 g/mol. The van der Waals surface area contributed by atoms with E-state index in [1.807, 2.05) is 0 Å². The molecule has 5 nitrogen and oxygen atoms in total. The molecule has 1 aromatic carbocycles. The maximum absolute atomic E-state index is 12.2. The first-order valence-corrected chi connectivity index (χ1v) is 8.96. The van der Waals surface area contributed by atoms with Gasteiger partial charge in [-0.25, -0.2) is 8.42 Å². The Kier molecular flexibility index (Phi) is 5.99. The Hall–Kier alpha value is 0.0400. The van der Waals surface area contributed by atoms with E-state index in [0.717, 1.165) is 0 Å². The van der Waals surface area contributed by atoms with Gasteiger partial charge in [-0.15, -0.1) is 0 Å². The van der Waals surface area contributed by atoms with Gasteiger partial charge in [0.05, 0.1) is 4.90 Å². The quantitative estimate of drug-likeness (QED) is 0.647. The Morgan fingerprint density at radius 3 is 2.47 bits per heavy atom. The minimum atomic E-state index is -3.71. The summed E-state index contributed by atoms with van der Waals surface area (Å²) in [7, 11) is -3.71. The van der Waals surface area contributed by atoms with E-state index >= 15 is 0 Å². The molecule has 1 aromatic rings. The number of alkyl halides is 3. The fraction of sp³-hybridized carbons (Fsp3) is 0.300. The van der Waals surface area contributed by atoms with E-state index in [0.29, 0.717) is 13.1 Å². The standard InChI is InChI=1S/C10H11Br3N2O3S/c11-10(12,13)19(17,18)8-3-1-2-7(6-8)9(16)15-5-4-14/h1-3,6H,4-5,14H2,(H,15,16). The maximum Gasteiger partial charge on any atom is 0.251 e. The lowest BCUT2D eigenvalue weighted by atomic mass is 10.2. The van der Waals surface area contributed by atoms with Crippen LogP contribution in [0.4, 0.5) is 0 Å². The normalized spacial score (nSPS) is 12.2. The summed E-state index contributed by atoms with van der Waals surface area (Å²) >= 11 is 8.91. The molecule has 0 bridgehead atoms. The van der Waals surface area contributed by atoms with Crippen molar-refractivity contribution in [3.8, 4) is 0 Å². The highest BCUT2D eigenvalue weighted by atomic mass is 80.0. The van der Waals surface area contributed by atoms with Crippen LogP contribution in [-0.4, -0.2) is 28.9 Å². The molecule has 9 heteroatoms. The van der Waals surface area contributed by atoms with Crippen LogP contribution in [0.3, 0.4) is 0 Å². The lowest BCUT2D eigenvalue weighted by molar-refractivity contribution is 0.0954. The highest BCUT2D eigenvalue weighted by molar-refractivity contribution is 9.42. The van der Waals surface area contributed by atoms with Gasteiger partial charge in [0.1, 0.15) is 0 Å². The molecular formula is C10H11Br3N2O3S. The lowest BCUT2D eigenvalue weighted by Crippen LogP contribution is -2.29. The summed E-state index contributed by atoms with van der Waals surface area (Å²) in [6.45, 7) is 0.645. The van der Waals surface area contributed by atoms with Gasteiger partial charge in [-0.3, -0.25) is 4.79 Å². The van der Waals surface area contributed by atoms with Crippen molar-refractivity contribution in [1.82, 2.24) is 5.32 Å². The second-order valence-electron chi connectivity index (χ2n) is 3.52. The fourth-order valence-electron chi connectivity index (χ4n) is 1.23. The molecule has 0 fully saturated rings. The van der Waals surface area contributed by atoms with E-state index < -0.39 is 11.3 Å². The zero-order valence-corrected chi connectivity index (χ0v) is 15.1. The van der Waals surface area contributed by atoms with Crippen LogP contribution < -0.4 is 11.1 Å². The van der Waals surface area contributed by atoms with Crippen LogP contribution in [0.5, 0.6) is 0 Å². The first-order chi connectivity index (χ1) is 8.70. The molecule has 0 heterocycles. The molecule has 0 saturated carbocycles. The van der Waals surface area contributed by atoms with E-state index in [4.69, 9.17) is 5.73 Å². The number of hydrogen-bond donors (Lipinski definition) is 2. The average molecular weight is 479 g/mol. The summed E-state index contributed by atoms with van der Waals surface area (Å²) in [5.41, 5.74) is 5.54. The SMILES string of the molecule is NCCNC(=O)c1cccc(S(=O)(=O)C(Br)(Br)Br)c1. The van der Waals surface area contributed by atoms with Crippen LogP contribution >= 0.6 is 47.8 Å². The highest BCUT2D eigenvalue weighted by Crippen LogP contribution is 2.43. The summed E-state index contributed by atoms with van der Waals surface area (Å²) in [5, 5.41) is 2.57. The highest BCUT2D eigenvalue weighted by Gasteiger charge is 2.37. The largest absolute Gasteiger partial charge is 0.351 e. The summed E-state index contributed by atoms with van der Waals surface area (Å²) in [5.74, 6) is -0.369. The molecule has 0 aromatic heterocycles. The van der Waals surface area contributed by atoms with E-state index in [1.165, 1.54) is 24.3 Å². The van der Waals surface area contributed by atoms with Gasteiger partial charge < -0.3 is 11.1 Å². The molecule has 1 rings (SSSR count). The Morgan fingerprint density at radius 2 is 1.95 bits per heavy atom. The van der Waals surface area contributed by atoms with E-state index in [-0.39, 0.29) is 16.4 Å². The van der Waals surface area contributed by atoms with Gasteiger partial charge in [-0.05, 0) is 66.0 Å². The molecule has 1 amide bonds. The Balaban J connectivity index is 3.12. The van der Waals surface area contributed by atoms with Gasteiger partial charge in [-0.1, -0.05) is 6.07 Å². The Morgan fingerprint density at radius 1 is 1.32 bits per heavy atom. The van der Waals surface area contributed by atoms with Gasteiger partial charge in [0.2, 0.25) is 11.3 Å². The van der Waals surface area contributed by atoms with Crippen molar-refractivity contribution in [2.75, 3.05) is 13.1 Å². The molecule has 0 spiro atoms. The minimum absolute atomic E-state index is 0.0125. The van der Waals surface area contributed by atoms with Crippen LogP contribution in [0.15, 0.2) is 29.2 Å². The Labute approximate surface area is 136 Å². The van der Waals surface area contributed by atoms with Gasteiger partial charge >= 0.3 is 0 Å². The van der Waals surface area contributed by atoms with Crippen LogP contribution in [0, 0.1) is 0 Å². The van der Waals surface area contributed by atoms with E-state index in [9.17, 15) is 13.2 Å². The molecular weight excluding hydrogens is 468 g/mol. The average Bonchev–Trinajstić information content (AvgIpc) is 2.34. The first-order valence-electron chi connectivity index (χ1n) is 5.10. The van der Waals surface area contributed by atoms with Crippen molar-refractivity contribution in [2.24, 2.45) is 5.73 Å². The van der Waals surface area contributed by atoms with Crippen molar-refractivity contribution in [2.45, 2.75) is 6.37 Å². The van der Waals surface area contributed by atoms with Gasteiger partial charge in [-0.2, -0.15) is 0 Å². The topological polar surface area (TPSA) is 89.3 Å². The van der Waals surface area contributed by atoms with E-state index in [1.54, 1.807) is 0 Å². The van der Waals surface area contributed by atoms with Gasteiger partial charge in [0, 0.05) is 18.7 Å². The van der Waals surface area contributed by atoms with Gasteiger partial charge in [0.15, 0.2) is 0 Å². The molecule has 0 radical (unpaired) electrons. The number of benzene rings is 1. The molecule has 0 atom stereocenters. The summed E-state index contributed by atoms with van der Waals surface area (Å²) < 4.78 is 22.8. The maximum atomic E-state index is 12.2. The number of carbonyl (C=O) groups is 1. The number of nitrogens with one attached hydrogen (secondary N) is 1. The van der Waals surface area contributed by atoms with Crippen LogP contribution in [0.1, 0.15) is 10.4 Å². The third-order valence-electron chi connectivity index (χ3n) is 2.14.